The Kier molecular flexibility index (Phi) is 6.78. The summed E-state index contributed by atoms with van der Waals surface area (Å²) in [6.07, 6.45) is 1.32. The molecule has 2 unspecified atom stereocenters. The van der Waals surface area contributed by atoms with Crippen molar-refractivity contribution < 1.29 is 22.1 Å². The number of hydrogen-bond acceptors (Lipinski definition) is 9. The highest BCUT2D eigenvalue weighted by Gasteiger charge is 2.36. The van der Waals surface area contributed by atoms with Crippen molar-refractivity contribution in [2.75, 3.05) is 18.0 Å². The van der Waals surface area contributed by atoms with Gasteiger partial charge in [-0.15, -0.1) is 0 Å². The first-order valence-electron chi connectivity index (χ1n) is 11.5. The molecule has 0 bridgehead atoms. The molecule has 0 aliphatic carbocycles. The SMILES string of the molecule is Cc1ccc(S(=O)(=O)Oc2cc(=O)n3cc(N4CC(C)N(C(=O)OC(C)(C)C)C(C)C4)sc3n2)cc1. The molecule has 2 atom stereocenters. The van der Waals surface area contributed by atoms with Gasteiger partial charge < -0.3 is 13.8 Å². The molecule has 1 saturated heterocycles. The molecule has 3 heterocycles. The van der Waals surface area contributed by atoms with Crippen molar-refractivity contribution in [1.82, 2.24) is 14.3 Å². The van der Waals surface area contributed by atoms with Crippen LogP contribution in [0.25, 0.3) is 4.96 Å². The fraction of sp³-hybridized carbons (Fsp3) is 0.458. The quantitative estimate of drug-likeness (QED) is 0.467. The van der Waals surface area contributed by atoms with Crippen LogP contribution in [0, 0.1) is 6.92 Å². The van der Waals surface area contributed by atoms with Crippen molar-refractivity contribution in [3.63, 3.8) is 0 Å². The van der Waals surface area contributed by atoms with Crippen LogP contribution < -0.4 is 14.6 Å². The van der Waals surface area contributed by atoms with Crippen LogP contribution in [0.5, 0.6) is 5.88 Å². The lowest BCUT2D eigenvalue weighted by atomic mass is 10.1. The molecule has 1 aliphatic rings. The van der Waals surface area contributed by atoms with Gasteiger partial charge in [0.1, 0.15) is 15.5 Å². The van der Waals surface area contributed by atoms with E-state index in [0.717, 1.165) is 16.6 Å². The Morgan fingerprint density at radius 3 is 2.31 bits per heavy atom. The number of hydrogen-bond donors (Lipinski definition) is 0. The Morgan fingerprint density at radius 2 is 1.72 bits per heavy atom. The molecule has 0 N–H and O–H groups in total. The van der Waals surface area contributed by atoms with Gasteiger partial charge in [0.15, 0.2) is 0 Å². The monoisotopic (exact) mass is 534 g/mol. The number of amides is 1. The van der Waals surface area contributed by atoms with Crippen molar-refractivity contribution in [2.45, 2.75) is 64.1 Å². The summed E-state index contributed by atoms with van der Waals surface area (Å²) in [5, 5.41) is 0.778. The van der Waals surface area contributed by atoms with Gasteiger partial charge in [0.25, 0.3) is 5.56 Å². The molecule has 10 nitrogen and oxygen atoms in total. The first kappa shape index (κ1) is 26.0. The van der Waals surface area contributed by atoms with E-state index in [9.17, 15) is 18.0 Å². The van der Waals surface area contributed by atoms with Gasteiger partial charge in [-0.25, -0.2) is 4.79 Å². The summed E-state index contributed by atoms with van der Waals surface area (Å²) in [6, 6.07) is 7.02. The average Bonchev–Trinajstić information content (AvgIpc) is 3.17. The van der Waals surface area contributed by atoms with Gasteiger partial charge in [-0.05, 0) is 53.7 Å². The first-order valence-corrected chi connectivity index (χ1v) is 13.8. The van der Waals surface area contributed by atoms with Crippen LogP contribution in [0.3, 0.4) is 0 Å². The summed E-state index contributed by atoms with van der Waals surface area (Å²) >= 11 is 1.25. The Balaban J connectivity index is 1.56. The number of fused-ring (bicyclic) bond motifs is 1. The molecule has 194 valence electrons. The van der Waals surface area contributed by atoms with Gasteiger partial charge in [0.2, 0.25) is 10.8 Å². The van der Waals surface area contributed by atoms with Gasteiger partial charge in [0, 0.05) is 19.3 Å². The third-order valence-corrected chi connectivity index (χ3v) is 7.95. The molecule has 1 aliphatic heterocycles. The zero-order chi connectivity index (χ0) is 26.4. The highest BCUT2D eigenvalue weighted by atomic mass is 32.2. The number of carbonyl (C=O) groups is 1. The third kappa shape index (κ3) is 5.49. The maximum Gasteiger partial charge on any atom is 0.410 e. The lowest BCUT2D eigenvalue weighted by molar-refractivity contribution is 0.00570. The van der Waals surface area contributed by atoms with E-state index in [-0.39, 0.29) is 29.0 Å². The molecular weight excluding hydrogens is 504 g/mol. The van der Waals surface area contributed by atoms with E-state index >= 15 is 0 Å². The number of carbonyl (C=O) groups excluding carboxylic acids is 1. The molecular formula is C24H30N4O6S2. The molecule has 0 radical (unpaired) electrons. The summed E-state index contributed by atoms with van der Waals surface area (Å²) in [5.74, 6) is -0.287. The number of rotatable bonds is 4. The lowest BCUT2D eigenvalue weighted by Crippen LogP contribution is -2.59. The molecule has 1 fully saturated rings. The largest absolute Gasteiger partial charge is 0.444 e. The second-order valence-corrected chi connectivity index (χ2v) is 12.5. The van der Waals surface area contributed by atoms with Crippen LogP contribution in [-0.2, 0) is 14.9 Å². The summed E-state index contributed by atoms with van der Waals surface area (Å²) in [6.45, 7) is 12.3. The van der Waals surface area contributed by atoms with E-state index in [0.29, 0.717) is 18.1 Å². The number of anilines is 1. The maximum atomic E-state index is 12.7. The van der Waals surface area contributed by atoms with E-state index in [1.165, 1.54) is 27.9 Å². The van der Waals surface area contributed by atoms with Crippen molar-refractivity contribution in [3.05, 3.63) is 52.4 Å². The number of thiazole rings is 1. The highest BCUT2D eigenvalue weighted by Crippen LogP contribution is 2.30. The predicted molar refractivity (Wildman–Crippen MR) is 138 cm³/mol. The van der Waals surface area contributed by atoms with Crippen LogP contribution in [0.4, 0.5) is 9.80 Å². The normalized spacial score (nSPS) is 18.9. The molecule has 3 aromatic rings. The summed E-state index contributed by atoms with van der Waals surface area (Å²) < 4.78 is 37.4. The molecule has 2 aromatic heterocycles. The number of aryl methyl sites for hydroxylation is 1. The number of benzene rings is 1. The standard InChI is InChI=1S/C24H30N4O6S2/c1-15-7-9-18(10-8-15)36(31,32)34-19-11-20(29)27-14-21(35-22(27)25-19)26-12-16(2)28(17(3)13-26)23(30)33-24(4,5)6/h7-11,14,16-17H,12-13H2,1-6H3. The second kappa shape index (κ2) is 9.40. The number of aromatic nitrogens is 2. The van der Waals surface area contributed by atoms with Gasteiger partial charge in [0.05, 0.1) is 18.2 Å². The Morgan fingerprint density at radius 1 is 1.11 bits per heavy atom. The van der Waals surface area contributed by atoms with Crippen molar-refractivity contribution in [2.24, 2.45) is 0 Å². The van der Waals surface area contributed by atoms with Gasteiger partial charge in [-0.1, -0.05) is 29.0 Å². The minimum Gasteiger partial charge on any atom is -0.444 e. The van der Waals surface area contributed by atoms with Gasteiger partial charge in [-0.2, -0.15) is 13.4 Å². The Bertz CT molecular complexity index is 1430. The molecule has 0 spiro atoms. The zero-order valence-electron chi connectivity index (χ0n) is 21.1. The minimum atomic E-state index is -4.14. The Labute approximate surface area is 214 Å². The van der Waals surface area contributed by atoms with Crippen LogP contribution in [0.1, 0.15) is 40.2 Å². The van der Waals surface area contributed by atoms with E-state index in [1.807, 2.05) is 41.5 Å². The fourth-order valence-corrected chi connectivity index (χ4v) is 5.98. The number of nitrogens with zero attached hydrogens (tertiary/aromatic N) is 4. The lowest BCUT2D eigenvalue weighted by Gasteiger charge is -2.44. The molecule has 4 rings (SSSR count). The summed E-state index contributed by atoms with van der Waals surface area (Å²) in [7, 11) is -4.14. The predicted octanol–water partition coefficient (Wildman–Crippen LogP) is 3.67. The van der Waals surface area contributed by atoms with E-state index in [1.54, 1.807) is 23.2 Å². The minimum absolute atomic E-state index is 0.0206. The highest BCUT2D eigenvalue weighted by molar-refractivity contribution is 7.87. The third-order valence-electron chi connectivity index (χ3n) is 5.67. The van der Waals surface area contributed by atoms with Crippen LogP contribution in [0.2, 0.25) is 0 Å². The number of piperazine rings is 1. The zero-order valence-corrected chi connectivity index (χ0v) is 22.7. The van der Waals surface area contributed by atoms with Gasteiger partial charge >= 0.3 is 16.2 Å². The van der Waals surface area contributed by atoms with Gasteiger partial charge in [-0.3, -0.25) is 14.1 Å². The van der Waals surface area contributed by atoms with Crippen LogP contribution >= 0.6 is 11.3 Å². The van der Waals surface area contributed by atoms with E-state index in [2.05, 4.69) is 9.88 Å². The van der Waals surface area contributed by atoms with Crippen LogP contribution in [0.15, 0.2) is 46.2 Å². The van der Waals surface area contributed by atoms with Crippen molar-refractivity contribution in [3.8, 4) is 5.88 Å². The van der Waals surface area contributed by atoms with E-state index < -0.39 is 21.3 Å². The average molecular weight is 535 g/mol. The molecule has 1 amide bonds. The fourth-order valence-electron chi connectivity index (χ4n) is 4.10. The second-order valence-electron chi connectivity index (χ2n) is 10.00. The van der Waals surface area contributed by atoms with E-state index in [4.69, 9.17) is 8.92 Å². The topological polar surface area (TPSA) is 111 Å². The smallest absolute Gasteiger partial charge is 0.410 e. The van der Waals surface area contributed by atoms with Crippen molar-refractivity contribution >= 4 is 37.5 Å². The molecule has 0 saturated carbocycles. The molecule has 1 aromatic carbocycles. The molecule has 12 heteroatoms. The Hall–Kier alpha value is -3.12. The maximum absolute atomic E-state index is 12.7. The van der Waals surface area contributed by atoms with Crippen LogP contribution in [-0.4, -0.2) is 59.6 Å². The molecule has 36 heavy (non-hydrogen) atoms. The summed E-state index contributed by atoms with van der Waals surface area (Å²) in [5.41, 5.74) is -0.128. The number of ether oxygens (including phenoxy) is 1. The summed E-state index contributed by atoms with van der Waals surface area (Å²) in [4.78, 5) is 33.8. The van der Waals surface area contributed by atoms with Crippen molar-refractivity contribution in [1.29, 1.82) is 0 Å². The first-order chi connectivity index (χ1) is 16.7.